The van der Waals surface area contributed by atoms with Gasteiger partial charge in [0.15, 0.2) is 0 Å². The number of nitrogens with zero attached hydrogens (tertiary/aromatic N) is 1. The molecule has 0 saturated heterocycles. The second-order valence-electron chi connectivity index (χ2n) is 7.53. The molecule has 1 heterocycles. The summed E-state index contributed by atoms with van der Waals surface area (Å²) in [5.41, 5.74) is 4.24. The quantitative estimate of drug-likeness (QED) is 0.462. The van der Waals surface area contributed by atoms with E-state index in [0.29, 0.717) is 0 Å². The van der Waals surface area contributed by atoms with Crippen LogP contribution in [0.25, 0.3) is 10.9 Å². The van der Waals surface area contributed by atoms with Crippen molar-refractivity contribution in [2.75, 3.05) is 5.32 Å². The average molecular weight is 428 g/mol. The molecule has 0 bridgehead atoms. The Morgan fingerprint density at radius 3 is 2.54 bits per heavy atom. The van der Waals surface area contributed by atoms with Crippen LogP contribution in [0.15, 0.2) is 53.1 Å². The van der Waals surface area contributed by atoms with Gasteiger partial charge in [-0.2, -0.15) is 0 Å². The predicted molar refractivity (Wildman–Crippen MR) is 116 cm³/mol. The third-order valence-electron chi connectivity index (χ3n) is 4.51. The summed E-state index contributed by atoms with van der Waals surface area (Å²) in [6.07, 6.45) is 1.83. The zero-order valence-electron chi connectivity index (χ0n) is 15.9. The molecule has 26 heavy (non-hydrogen) atoms. The number of hydrogen-bond donors (Lipinski definition) is 1. The van der Waals surface area contributed by atoms with Gasteiger partial charge >= 0.3 is 0 Å². The highest BCUT2D eigenvalue weighted by Gasteiger charge is 2.26. The van der Waals surface area contributed by atoms with Gasteiger partial charge in [0.25, 0.3) is 9.04 Å². The first kappa shape index (κ1) is 18.9. The molecule has 2 aromatic carbocycles. The number of nitrogens with one attached hydrogen (secondary N) is 1. The predicted octanol–water partition coefficient (Wildman–Crippen LogP) is 6.85. The second-order valence-corrected chi connectivity index (χ2v) is 11.3. The van der Waals surface area contributed by atoms with Gasteiger partial charge in [0.1, 0.15) is 5.75 Å². The Bertz CT molecular complexity index is 937. The van der Waals surface area contributed by atoms with Crippen LogP contribution in [-0.2, 0) is 0 Å². The van der Waals surface area contributed by atoms with E-state index in [1.165, 1.54) is 5.56 Å². The number of aromatic nitrogens is 1. The molecule has 1 aromatic heterocycles. The largest absolute Gasteiger partial charge is 0.542 e. The zero-order chi connectivity index (χ0) is 18.9. The van der Waals surface area contributed by atoms with Gasteiger partial charge in [0, 0.05) is 33.5 Å². The van der Waals surface area contributed by atoms with Crippen LogP contribution in [0.1, 0.15) is 26.3 Å². The summed E-state index contributed by atoms with van der Waals surface area (Å²) in [4.78, 5) is 4.45. The lowest BCUT2D eigenvalue weighted by atomic mass is 10.1. The number of halogens is 1. The Hall–Kier alpha value is -1.85. The van der Waals surface area contributed by atoms with Crippen molar-refractivity contribution in [3.8, 4) is 5.75 Å². The molecular formula is C21H24BrN2OSi. The molecule has 5 heteroatoms. The summed E-state index contributed by atoms with van der Waals surface area (Å²) < 4.78 is 7.30. The number of aryl methyl sites for hydroxylation is 1. The first-order chi connectivity index (χ1) is 12.2. The van der Waals surface area contributed by atoms with Crippen LogP contribution in [0.3, 0.4) is 0 Å². The number of pyridine rings is 1. The van der Waals surface area contributed by atoms with E-state index in [-0.39, 0.29) is 5.04 Å². The monoisotopic (exact) mass is 427 g/mol. The molecule has 3 rings (SSSR count). The number of hydrogen-bond acceptors (Lipinski definition) is 3. The first-order valence-corrected chi connectivity index (χ1v) is 11.4. The van der Waals surface area contributed by atoms with Gasteiger partial charge in [0.2, 0.25) is 0 Å². The molecule has 0 atom stereocenters. The average Bonchev–Trinajstić information content (AvgIpc) is 2.57. The van der Waals surface area contributed by atoms with Crippen molar-refractivity contribution in [3.05, 3.63) is 58.7 Å². The Labute approximate surface area is 165 Å². The summed E-state index contributed by atoms with van der Waals surface area (Å²) in [5.74, 6) is 0.920. The molecule has 0 fully saturated rings. The SMILES string of the molecule is Cc1ccc(O[Si](C)C(C)(C)C)cc1Nc1ccnc2ccc(Br)cc12. The van der Waals surface area contributed by atoms with E-state index in [4.69, 9.17) is 4.43 Å². The maximum Gasteiger partial charge on any atom is 0.283 e. The number of fused-ring (bicyclic) bond motifs is 1. The van der Waals surface area contributed by atoms with E-state index in [2.05, 4.69) is 84.7 Å². The summed E-state index contributed by atoms with van der Waals surface area (Å²) in [6, 6.07) is 14.4. The second kappa shape index (κ2) is 7.41. The van der Waals surface area contributed by atoms with Crippen molar-refractivity contribution in [1.29, 1.82) is 0 Å². The van der Waals surface area contributed by atoms with E-state index in [9.17, 15) is 0 Å². The fourth-order valence-corrected chi connectivity index (χ4v) is 3.65. The Balaban J connectivity index is 1.93. The Kier molecular flexibility index (Phi) is 5.39. The normalized spacial score (nSPS) is 11.8. The van der Waals surface area contributed by atoms with Crippen molar-refractivity contribution >= 4 is 47.2 Å². The highest BCUT2D eigenvalue weighted by Crippen LogP contribution is 2.33. The van der Waals surface area contributed by atoms with E-state index in [0.717, 1.165) is 32.5 Å². The van der Waals surface area contributed by atoms with Gasteiger partial charge in [-0.05, 0) is 54.4 Å². The van der Waals surface area contributed by atoms with Gasteiger partial charge in [-0.3, -0.25) is 4.98 Å². The molecular weight excluding hydrogens is 404 g/mol. The van der Waals surface area contributed by atoms with Crippen LogP contribution in [0.5, 0.6) is 5.75 Å². The molecule has 0 aliphatic rings. The van der Waals surface area contributed by atoms with Crippen LogP contribution in [0.2, 0.25) is 11.6 Å². The smallest absolute Gasteiger partial charge is 0.283 e. The summed E-state index contributed by atoms with van der Waals surface area (Å²) >= 11 is 3.55. The van der Waals surface area contributed by atoms with Crippen LogP contribution < -0.4 is 9.74 Å². The maximum atomic E-state index is 6.26. The minimum atomic E-state index is -0.943. The maximum absolute atomic E-state index is 6.26. The minimum Gasteiger partial charge on any atom is -0.542 e. The molecule has 3 aromatic rings. The fourth-order valence-electron chi connectivity index (χ4n) is 2.50. The molecule has 0 unspecified atom stereocenters. The lowest BCUT2D eigenvalue weighted by molar-refractivity contribution is 0.520. The lowest BCUT2D eigenvalue weighted by Gasteiger charge is -2.25. The molecule has 0 saturated carbocycles. The number of anilines is 2. The molecule has 0 spiro atoms. The van der Waals surface area contributed by atoms with Gasteiger partial charge in [-0.25, -0.2) is 0 Å². The van der Waals surface area contributed by atoms with Crippen molar-refractivity contribution in [1.82, 2.24) is 4.98 Å². The van der Waals surface area contributed by atoms with Crippen LogP contribution in [-0.4, -0.2) is 14.0 Å². The van der Waals surface area contributed by atoms with E-state index in [1.54, 1.807) is 0 Å². The lowest BCUT2D eigenvalue weighted by Crippen LogP contribution is -2.28. The van der Waals surface area contributed by atoms with Crippen LogP contribution in [0, 0.1) is 6.92 Å². The van der Waals surface area contributed by atoms with Crippen LogP contribution in [0.4, 0.5) is 11.4 Å². The van der Waals surface area contributed by atoms with E-state index in [1.807, 2.05) is 24.4 Å². The van der Waals surface area contributed by atoms with Crippen LogP contribution >= 0.6 is 15.9 Å². The fraction of sp³-hybridized carbons (Fsp3) is 0.286. The Morgan fingerprint density at radius 1 is 1.04 bits per heavy atom. The van der Waals surface area contributed by atoms with Crippen molar-refractivity contribution < 1.29 is 4.43 Å². The number of benzene rings is 2. The van der Waals surface area contributed by atoms with Crippen molar-refractivity contribution in [2.45, 2.75) is 39.3 Å². The standard InChI is InChI=1S/C21H24BrN2OSi/c1-14-6-8-16(25-26(5)21(2,3)4)13-20(14)24-19-10-11-23-18-9-7-15(22)12-17(18)19/h6-13H,1-5H3,(H,23,24). The summed E-state index contributed by atoms with van der Waals surface area (Å²) in [7, 11) is -0.943. The van der Waals surface area contributed by atoms with Gasteiger partial charge < -0.3 is 9.74 Å². The Morgan fingerprint density at radius 2 is 1.81 bits per heavy atom. The molecule has 0 amide bonds. The third kappa shape index (κ3) is 4.27. The third-order valence-corrected chi connectivity index (χ3v) is 7.66. The molecule has 1 radical (unpaired) electrons. The number of rotatable bonds is 4. The van der Waals surface area contributed by atoms with Crippen molar-refractivity contribution in [2.24, 2.45) is 0 Å². The topological polar surface area (TPSA) is 34.1 Å². The summed E-state index contributed by atoms with van der Waals surface area (Å²) in [6.45, 7) is 11.0. The minimum absolute atomic E-state index is 0.191. The van der Waals surface area contributed by atoms with Gasteiger partial charge in [-0.15, -0.1) is 0 Å². The zero-order valence-corrected chi connectivity index (χ0v) is 18.4. The molecule has 3 nitrogen and oxygen atoms in total. The molecule has 135 valence electrons. The highest BCUT2D eigenvalue weighted by molar-refractivity contribution is 9.10. The van der Waals surface area contributed by atoms with Gasteiger partial charge in [-0.1, -0.05) is 42.8 Å². The molecule has 0 aliphatic heterocycles. The van der Waals surface area contributed by atoms with E-state index < -0.39 is 9.04 Å². The highest BCUT2D eigenvalue weighted by atomic mass is 79.9. The van der Waals surface area contributed by atoms with Gasteiger partial charge in [0.05, 0.1) is 5.52 Å². The first-order valence-electron chi connectivity index (χ1n) is 8.68. The molecule has 1 N–H and O–H groups in total. The summed E-state index contributed by atoms with van der Waals surface area (Å²) in [5, 5.41) is 4.84. The van der Waals surface area contributed by atoms with Crippen molar-refractivity contribution in [3.63, 3.8) is 0 Å². The van der Waals surface area contributed by atoms with E-state index >= 15 is 0 Å². The molecule has 0 aliphatic carbocycles.